The zero-order chi connectivity index (χ0) is 29.8. The number of carbonyl (C=O) groups excluding carboxylic acids is 2. The molecule has 1 aliphatic heterocycles. The molecule has 2 aromatic carbocycles. The zero-order valence-corrected chi connectivity index (χ0v) is 22.4. The number of nitrogens with one attached hydrogen (secondary N) is 1. The molecule has 0 spiro atoms. The Hall–Kier alpha value is -5.25. The molecule has 2 amide bonds. The molecule has 13 heteroatoms. The van der Waals surface area contributed by atoms with E-state index in [2.05, 4.69) is 19.9 Å². The fourth-order valence-corrected chi connectivity index (χ4v) is 4.69. The summed E-state index contributed by atoms with van der Waals surface area (Å²) >= 11 is 0. The zero-order valence-electron chi connectivity index (χ0n) is 22.4. The molecule has 214 valence electrons. The van der Waals surface area contributed by atoms with E-state index in [-0.39, 0.29) is 51.7 Å². The monoisotopic (exact) mass is 575 g/mol. The number of alkyl halides is 2. The number of hydrogen-bond acceptors (Lipinski definition) is 8. The predicted molar refractivity (Wildman–Crippen MR) is 144 cm³/mol. The molecule has 4 aromatic rings. The lowest BCUT2D eigenvalue weighted by molar-refractivity contribution is -0.286. The second-order valence-electron chi connectivity index (χ2n) is 10.3. The van der Waals surface area contributed by atoms with Crippen LogP contribution in [0.3, 0.4) is 0 Å². The molecule has 1 fully saturated rings. The number of anilines is 1. The molecule has 0 unspecified atom stereocenters. The van der Waals surface area contributed by atoms with E-state index in [1.165, 1.54) is 29.2 Å². The number of ether oxygens (including phenoxy) is 2. The summed E-state index contributed by atoms with van der Waals surface area (Å²) in [4.78, 5) is 41.2. The van der Waals surface area contributed by atoms with Gasteiger partial charge in [-0.2, -0.15) is 10.4 Å². The maximum absolute atomic E-state index is 13.5. The van der Waals surface area contributed by atoms with Crippen molar-refractivity contribution in [3.05, 3.63) is 70.2 Å². The van der Waals surface area contributed by atoms with Crippen molar-refractivity contribution in [3.8, 4) is 28.8 Å². The first-order valence-corrected chi connectivity index (χ1v) is 13.1. The molecule has 2 aromatic heterocycles. The van der Waals surface area contributed by atoms with Crippen molar-refractivity contribution in [2.45, 2.75) is 45.1 Å². The highest BCUT2D eigenvalue weighted by atomic mass is 19.3. The van der Waals surface area contributed by atoms with Crippen molar-refractivity contribution in [2.24, 2.45) is 0 Å². The van der Waals surface area contributed by atoms with Crippen LogP contribution >= 0.6 is 0 Å². The molecular formula is C29H23F2N5O6. The van der Waals surface area contributed by atoms with Gasteiger partial charge in [0.25, 0.3) is 11.5 Å². The number of fused-ring (bicyclic) bond motifs is 2. The van der Waals surface area contributed by atoms with Crippen molar-refractivity contribution in [1.82, 2.24) is 15.1 Å². The number of amides is 2. The number of hydrogen-bond donors (Lipinski definition) is 1. The lowest BCUT2D eigenvalue weighted by atomic mass is 10.1. The number of nitrogens with zero attached hydrogens (tertiary/aromatic N) is 4. The highest BCUT2D eigenvalue weighted by molar-refractivity contribution is 5.99. The van der Waals surface area contributed by atoms with E-state index < -0.39 is 30.2 Å². The summed E-state index contributed by atoms with van der Waals surface area (Å²) in [6.07, 6.45) is -2.17. The number of likely N-dealkylation sites (N-methyl/N-ethyl adjacent to an activating group) is 1. The topological polar surface area (TPSA) is 140 Å². The van der Waals surface area contributed by atoms with Crippen molar-refractivity contribution in [2.75, 3.05) is 11.4 Å². The van der Waals surface area contributed by atoms with Crippen LogP contribution in [0.2, 0.25) is 0 Å². The van der Waals surface area contributed by atoms with Crippen molar-refractivity contribution in [3.63, 3.8) is 0 Å². The minimum atomic E-state index is -3.81. The molecule has 0 saturated heterocycles. The van der Waals surface area contributed by atoms with Gasteiger partial charge in [-0.05, 0) is 51.0 Å². The Morgan fingerprint density at radius 1 is 1.14 bits per heavy atom. The Balaban J connectivity index is 1.39. The molecule has 0 bridgehead atoms. The number of nitriles is 1. The highest BCUT2D eigenvalue weighted by Gasteiger charge is 2.43. The normalized spacial score (nSPS) is 15.7. The fraction of sp³-hybridized carbons (Fsp3) is 0.276. The molecule has 11 nitrogen and oxygen atoms in total. The molecule has 1 N–H and O–H groups in total. The SMILES string of the molecule is CCN(C(=O)Cn1nc(-c2cccc(C#N)c2)c2oc(C(=O)NC3(C)CC3)cc2c1=O)c1ccc2c(c1)OC(F)(F)O2. The maximum atomic E-state index is 13.5. The Kier molecular flexibility index (Phi) is 6.22. The standard InChI is InChI=1S/C29H23F2N5O6/c1-3-35(18-7-8-20-21(12-18)42-29(30,31)41-20)23(37)15-36-27(39)19-13-22(26(38)33-28(2)9-10-28)40-25(19)24(34-36)17-6-4-5-16(11-17)14-32/h4-8,11-13H,3,9-10,15H2,1-2H3,(H,33,38). The van der Waals surface area contributed by atoms with Crippen LogP contribution in [0.4, 0.5) is 14.5 Å². The summed E-state index contributed by atoms with van der Waals surface area (Å²) in [5, 5.41) is 16.7. The fourth-order valence-electron chi connectivity index (χ4n) is 4.69. The Labute approximate surface area is 236 Å². The summed E-state index contributed by atoms with van der Waals surface area (Å²) in [6.45, 7) is 3.19. The van der Waals surface area contributed by atoms with Crippen molar-refractivity contribution in [1.29, 1.82) is 5.26 Å². The van der Waals surface area contributed by atoms with Gasteiger partial charge in [-0.3, -0.25) is 14.4 Å². The third kappa shape index (κ3) is 4.91. The summed E-state index contributed by atoms with van der Waals surface area (Å²) in [7, 11) is 0. The Morgan fingerprint density at radius 2 is 1.90 bits per heavy atom. The van der Waals surface area contributed by atoms with E-state index in [9.17, 15) is 28.4 Å². The first-order chi connectivity index (χ1) is 20.0. The minimum Gasteiger partial charge on any atom is -0.448 e. The van der Waals surface area contributed by atoms with E-state index in [0.717, 1.165) is 17.5 Å². The van der Waals surface area contributed by atoms with Crippen LogP contribution < -0.4 is 25.2 Å². The van der Waals surface area contributed by atoms with Crippen LogP contribution in [0.15, 0.2) is 57.7 Å². The number of furan rings is 1. The molecule has 0 atom stereocenters. The van der Waals surface area contributed by atoms with Gasteiger partial charge >= 0.3 is 6.29 Å². The van der Waals surface area contributed by atoms with Gasteiger partial charge in [-0.15, -0.1) is 8.78 Å². The van der Waals surface area contributed by atoms with Gasteiger partial charge in [0.15, 0.2) is 22.8 Å². The third-order valence-corrected chi connectivity index (χ3v) is 7.14. The molecule has 42 heavy (non-hydrogen) atoms. The van der Waals surface area contributed by atoms with Crippen molar-refractivity contribution < 1.29 is 32.3 Å². The van der Waals surface area contributed by atoms with Gasteiger partial charge in [0.05, 0.1) is 17.0 Å². The van der Waals surface area contributed by atoms with E-state index in [1.54, 1.807) is 31.2 Å². The number of rotatable bonds is 7. The van der Waals surface area contributed by atoms with Gasteiger partial charge < -0.3 is 24.1 Å². The lowest BCUT2D eigenvalue weighted by Crippen LogP contribution is -2.37. The van der Waals surface area contributed by atoms with E-state index >= 15 is 0 Å². The molecule has 1 aliphatic carbocycles. The summed E-state index contributed by atoms with van der Waals surface area (Å²) in [5.74, 6) is -1.56. The van der Waals surface area contributed by atoms with E-state index in [0.29, 0.717) is 11.1 Å². The molecule has 0 radical (unpaired) electrons. The molecule has 6 rings (SSSR count). The van der Waals surface area contributed by atoms with Crippen molar-refractivity contribution >= 4 is 28.5 Å². The molecular weight excluding hydrogens is 552 g/mol. The first-order valence-electron chi connectivity index (χ1n) is 13.1. The van der Waals surface area contributed by atoms with Gasteiger partial charge in [0.1, 0.15) is 12.2 Å². The van der Waals surface area contributed by atoms with Crippen LogP contribution in [0.5, 0.6) is 11.5 Å². The van der Waals surface area contributed by atoms with Crippen LogP contribution in [-0.4, -0.2) is 40.0 Å². The van der Waals surface area contributed by atoms with Gasteiger partial charge in [0.2, 0.25) is 5.91 Å². The summed E-state index contributed by atoms with van der Waals surface area (Å²) in [6, 6.07) is 13.7. The average Bonchev–Trinajstić information content (AvgIpc) is 3.36. The van der Waals surface area contributed by atoms with Gasteiger partial charge in [0, 0.05) is 35.5 Å². The number of carbonyl (C=O) groups is 2. The van der Waals surface area contributed by atoms with E-state index in [4.69, 9.17) is 4.42 Å². The quantitative estimate of drug-likeness (QED) is 0.346. The highest BCUT2D eigenvalue weighted by Crippen LogP contribution is 2.43. The smallest absolute Gasteiger partial charge is 0.448 e. The minimum absolute atomic E-state index is 0.0228. The second-order valence-corrected chi connectivity index (χ2v) is 10.3. The van der Waals surface area contributed by atoms with Gasteiger partial charge in [-0.1, -0.05) is 12.1 Å². The maximum Gasteiger partial charge on any atom is 0.586 e. The second kappa shape index (κ2) is 9.69. The number of benzene rings is 2. The Bertz CT molecular complexity index is 1870. The van der Waals surface area contributed by atoms with Crippen LogP contribution in [0.1, 0.15) is 42.8 Å². The molecule has 1 saturated carbocycles. The predicted octanol–water partition coefficient (Wildman–Crippen LogP) is 4.19. The average molecular weight is 576 g/mol. The molecule has 2 aliphatic rings. The van der Waals surface area contributed by atoms with Crippen LogP contribution in [0.25, 0.3) is 22.2 Å². The summed E-state index contributed by atoms with van der Waals surface area (Å²) < 4.78 is 42.7. The molecule has 3 heterocycles. The first kappa shape index (κ1) is 26.9. The van der Waals surface area contributed by atoms with Gasteiger partial charge in [-0.25, -0.2) is 4.68 Å². The lowest BCUT2D eigenvalue weighted by Gasteiger charge is -2.21. The van der Waals surface area contributed by atoms with Crippen LogP contribution in [-0.2, 0) is 11.3 Å². The number of aromatic nitrogens is 2. The largest absolute Gasteiger partial charge is 0.586 e. The van der Waals surface area contributed by atoms with Crippen LogP contribution in [0, 0.1) is 11.3 Å². The summed E-state index contributed by atoms with van der Waals surface area (Å²) in [5.41, 5.74) is 0.176. The third-order valence-electron chi connectivity index (χ3n) is 7.14. The number of halogens is 2. The Morgan fingerprint density at radius 3 is 2.62 bits per heavy atom. The van der Waals surface area contributed by atoms with E-state index in [1.807, 2.05) is 13.0 Å².